The van der Waals surface area contributed by atoms with Gasteiger partial charge in [-0.15, -0.1) is 0 Å². The van der Waals surface area contributed by atoms with Crippen LogP contribution in [0.2, 0.25) is 0 Å². The summed E-state index contributed by atoms with van der Waals surface area (Å²) >= 11 is 0. The molecule has 0 aliphatic carbocycles. The van der Waals surface area contributed by atoms with Crippen molar-refractivity contribution in [2.75, 3.05) is 6.16 Å². The van der Waals surface area contributed by atoms with Gasteiger partial charge in [0.15, 0.2) is 5.78 Å². The van der Waals surface area contributed by atoms with Crippen LogP contribution in [0.15, 0.2) is 91.0 Å². The summed E-state index contributed by atoms with van der Waals surface area (Å²) in [5.74, 6) is -3.40. The normalized spacial score (nSPS) is 14.9. The number of quaternary nitrogens is 1. The number of rotatable bonds is 12. The van der Waals surface area contributed by atoms with Crippen LogP contribution in [-0.4, -0.2) is 39.9 Å². The number of carboxylic acid groups (broad SMARTS) is 1. The summed E-state index contributed by atoms with van der Waals surface area (Å²) in [6.45, 7) is 0. The molecule has 0 spiro atoms. The topological polar surface area (TPSA) is 131 Å². The second kappa shape index (κ2) is 14.1. The standard InChI is InChI=1S/C27H31N2O5P.BrH/c28-25(18-22-14-8-3-9-15-22)35(33,34)19-23(16-20-10-4-1-5-11-20)26(30)29-24(27(31)32)17-21-12-6-2-7-13-21;/h1-15,23-25H,16-19,28H2,(H,29,30)(H,31,32)(H,33,34);1H/t23-,24+,25-;/m1./s1. The molecule has 1 amide bonds. The molecule has 0 fully saturated rings. The van der Waals surface area contributed by atoms with Gasteiger partial charge < -0.3 is 38.0 Å². The van der Waals surface area contributed by atoms with E-state index in [9.17, 15) is 24.2 Å². The molecule has 0 saturated carbocycles. The van der Waals surface area contributed by atoms with Crippen LogP contribution in [-0.2, 0) is 33.4 Å². The van der Waals surface area contributed by atoms with Gasteiger partial charge in [-0.25, -0.2) is 4.79 Å². The number of aliphatic carboxylic acids is 1. The molecule has 0 aromatic heterocycles. The second-order valence-corrected chi connectivity index (χ2v) is 11.4. The highest BCUT2D eigenvalue weighted by Gasteiger charge is 2.37. The van der Waals surface area contributed by atoms with Crippen LogP contribution in [0, 0.1) is 5.92 Å². The SMILES string of the molecule is [Br-].[NH3+][C@@H](Cc1ccccc1)P(=O)(O)C[C@@H](Cc1ccccc1)C(=O)N[C@@H](Cc1ccccc1)C(=O)O. The van der Waals surface area contributed by atoms with E-state index < -0.39 is 37.0 Å². The minimum absolute atomic E-state index is 0. The molecule has 0 saturated heterocycles. The second-order valence-electron chi connectivity index (χ2n) is 8.76. The number of carboxylic acids is 1. The lowest BCUT2D eigenvalue weighted by Gasteiger charge is -2.24. The molecule has 0 bridgehead atoms. The summed E-state index contributed by atoms with van der Waals surface area (Å²) in [6, 6.07) is 26.4. The third-order valence-corrected chi connectivity index (χ3v) is 8.25. The molecule has 3 rings (SSSR count). The van der Waals surface area contributed by atoms with Gasteiger partial charge in [0.1, 0.15) is 6.04 Å². The Hall–Kier alpha value is -2.77. The fourth-order valence-electron chi connectivity index (χ4n) is 3.97. The van der Waals surface area contributed by atoms with E-state index in [-0.39, 0.29) is 36.0 Å². The molecule has 0 aliphatic heterocycles. The lowest BCUT2D eigenvalue weighted by atomic mass is 9.99. The van der Waals surface area contributed by atoms with Crippen LogP contribution in [0.4, 0.5) is 0 Å². The first kappa shape index (κ1) is 29.5. The highest BCUT2D eigenvalue weighted by Crippen LogP contribution is 2.46. The first-order chi connectivity index (χ1) is 16.7. The van der Waals surface area contributed by atoms with E-state index in [1.54, 1.807) is 24.3 Å². The predicted molar refractivity (Wildman–Crippen MR) is 135 cm³/mol. The Bertz CT molecular complexity index is 1150. The zero-order valence-corrected chi connectivity index (χ0v) is 22.4. The van der Waals surface area contributed by atoms with Crippen molar-refractivity contribution in [2.24, 2.45) is 5.92 Å². The third kappa shape index (κ3) is 9.03. The van der Waals surface area contributed by atoms with Gasteiger partial charge in [-0.05, 0) is 23.1 Å². The number of hydrogen-bond acceptors (Lipinski definition) is 3. The highest BCUT2D eigenvalue weighted by atomic mass is 79.9. The van der Waals surface area contributed by atoms with Crippen LogP contribution in [0.3, 0.4) is 0 Å². The van der Waals surface area contributed by atoms with Gasteiger partial charge in [0, 0.05) is 19.0 Å². The van der Waals surface area contributed by atoms with Crippen molar-refractivity contribution >= 4 is 19.2 Å². The molecular weight excluding hydrogens is 543 g/mol. The maximum atomic E-state index is 13.3. The van der Waals surface area contributed by atoms with Crippen molar-refractivity contribution in [1.82, 2.24) is 5.32 Å². The minimum Gasteiger partial charge on any atom is -1.00 e. The number of benzene rings is 3. The first-order valence-corrected chi connectivity index (χ1v) is 13.5. The first-order valence-electron chi connectivity index (χ1n) is 11.5. The van der Waals surface area contributed by atoms with Gasteiger partial charge in [0.05, 0.1) is 5.92 Å². The van der Waals surface area contributed by atoms with Crippen molar-refractivity contribution < 1.29 is 46.9 Å². The summed E-state index contributed by atoms with van der Waals surface area (Å²) < 4.78 is 13.3. The van der Waals surface area contributed by atoms with Crippen LogP contribution in [0.25, 0.3) is 0 Å². The number of carbonyl (C=O) groups excluding carboxylic acids is 1. The minimum atomic E-state index is -3.85. The van der Waals surface area contributed by atoms with E-state index >= 15 is 0 Å². The van der Waals surface area contributed by atoms with Gasteiger partial charge >= 0.3 is 5.97 Å². The van der Waals surface area contributed by atoms with E-state index in [1.807, 2.05) is 66.7 Å². The lowest BCUT2D eigenvalue weighted by Crippen LogP contribution is -3.00. The zero-order valence-electron chi connectivity index (χ0n) is 19.9. The third-order valence-electron chi connectivity index (χ3n) is 5.96. The molecule has 192 valence electrons. The Kier molecular flexibility index (Phi) is 11.5. The Morgan fingerprint density at radius 2 is 1.19 bits per heavy atom. The summed E-state index contributed by atoms with van der Waals surface area (Å²) in [4.78, 5) is 36.1. The Morgan fingerprint density at radius 1 is 0.778 bits per heavy atom. The number of nitrogens with one attached hydrogen (secondary N) is 1. The van der Waals surface area contributed by atoms with Gasteiger partial charge in [-0.2, -0.15) is 0 Å². The molecule has 0 heterocycles. The summed E-state index contributed by atoms with van der Waals surface area (Å²) in [7, 11) is -3.85. The van der Waals surface area contributed by atoms with Crippen LogP contribution in [0.1, 0.15) is 16.7 Å². The molecule has 3 aromatic rings. The number of hydrogen-bond donors (Lipinski definition) is 4. The summed E-state index contributed by atoms with van der Waals surface area (Å²) in [5, 5.41) is 12.3. The fourth-order valence-corrected chi connectivity index (χ4v) is 5.69. The maximum absolute atomic E-state index is 13.3. The largest absolute Gasteiger partial charge is 1.00 e. The van der Waals surface area contributed by atoms with E-state index in [0.29, 0.717) is 6.42 Å². The molecule has 1 unspecified atom stereocenters. The Morgan fingerprint density at radius 3 is 1.64 bits per heavy atom. The van der Waals surface area contributed by atoms with Gasteiger partial charge in [-0.1, -0.05) is 91.0 Å². The van der Waals surface area contributed by atoms with E-state index in [0.717, 1.165) is 16.7 Å². The fraction of sp³-hybridized carbons (Fsp3) is 0.259. The van der Waals surface area contributed by atoms with Crippen LogP contribution in [0.5, 0.6) is 0 Å². The summed E-state index contributed by atoms with van der Waals surface area (Å²) in [5.41, 5.74) is 6.42. The molecular formula is C27H32BrN2O5P. The average Bonchev–Trinajstić information content (AvgIpc) is 2.85. The molecule has 0 radical (unpaired) electrons. The molecule has 3 aromatic carbocycles. The smallest absolute Gasteiger partial charge is 0.326 e. The monoisotopic (exact) mass is 574 g/mol. The highest BCUT2D eigenvalue weighted by molar-refractivity contribution is 7.58. The molecule has 36 heavy (non-hydrogen) atoms. The molecule has 6 N–H and O–H groups in total. The zero-order chi connectivity index (χ0) is 25.3. The molecule has 7 nitrogen and oxygen atoms in total. The average molecular weight is 575 g/mol. The summed E-state index contributed by atoms with van der Waals surface area (Å²) in [6.07, 6.45) is 0.349. The maximum Gasteiger partial charge on any atom is 0.326 e. The van der Waals surface area contributed by atoms with Crippen LogP contribution < -0.4 is 28.0 Å². The van der Waals surface area contributed by atoms with Crippen molar-refractivity contribution in [3.8, 4) is 0 Å². The van der Waals surface area contributed by atoms with E-state index in [1.165, 1.54) is 0 Å². The number of amides is 1. The van der Waals surface area contributed by atoms with Crippen LogP contribution >= 0.6 is 7.37 Å². The van der Waals surface area contributed by atoms with Gasteiger partial charge in [0.25, 0.3) is 7.37 Å². The number of carbonyl (C=O) groups is 2. The van der Waals surface area contributed by atoms with E-state index in [2.05, 4.69) is 11.1 Å². The quantitative estimate of drug-likeness (QED) is 0.221. The molecule has 0 aliphatic rings. The Balaban J connectivity index is 0.00000456. The predicted octanol–water partition coefficient (Wildman–Crippen LogP) is -0.257. The van der Waals surface area contributed by atoms with Crippen molar-refractivity contribution in [3.63, 3.8) is 0 Å². The van der Waals surface area contributed by atoms with Crippen molar-refractivity contribution in [2.45, 2.75) is 31.1 Å². The van der Waals surface area contributed by atoms with Crippen molar-refractivity contribution in [1.29, 1.82) is 0 Å². The number of halogens is 1. The van der Waals surface area contributed by atoms with Crippen molar-refractivity contribution in [3.05, 3.63) is 108 Å². The molecule has 4 atom stereocenters. The van der Waals surface area contributed by atoms with E-state index in [4.69, 9.17) is 0 Å². The lowest BCUT2D eigenvalue weighted by molar-refractivity contribution is -0.391. The molecule has 9 heteroatoms. The Labute approximate surface area is 222 Å². The van der Waals surface area contributed by atoms with Gasteiger partial charge in [0.2, 0.25) is 5.91 Å². The van der Waals surface area contributed by atoms with Gasteiger partial charge in [-0.3, -0.25) is 9.36 Å².